The van der Waals surface area contributed by atoms with E-state index in [-0.39, 0.29) is 35.8 Å². The first kappa shape index (κ1) is 17.6. The van der Waals surface area contributed by atoms with Crippen LogP contribution in [0.15, 0.2) is 17.2 Å². The number of halogens is 2. The van der Waals surface area contributed by atoms with Gasteiger partial charge in [-0.15, -0.1) is 24.8 Å². The molecule has 0 amide bonds. The predicted octanol–water partition coefficient (Wildman–Crippen LogP) is -0.802. The summed E-state index contributed by atoms with van der Waals surface area (Å²) in [7, 11) is 0. The highest BCUT2D eigenvalue weighted by molar-refractivity contribution is 5.85. The van der Waals surface area contributed by atoms with E-state index < -0.39 is 0 Å². The third-order valence-corrected chi connectivity index (χ3v) is 2.11. The van der Waals surface area contributed by atoms with Gasteiger partial charge in [-0.2, -0.15) is 0 Å². The summed E-state index contributed by atoms with van der Waals surface area (Å²) < 4.78 is 0. The van der Waals surface area contributed by atoms with Crippen LogP contribution in [0.5, 0.6) is 0 Å². The van der Waals surface area contributed by atoms with E-state index in [1.54, 1.807) is 12.4 Å². The number of aromatic amines is 1. The molecule has 6 nitrogen and oxygen atoms in total. The second kappa shape index (κ2) is 8.35. The van der Waals surface area contributed by atoms with Crippen molar-refractivity contribution in [2.45, 2.75) is 0 Å². The van der Waals surface area contributed by atoms with E-state index in [1.165, 1.54) is 0 Å². The quantitative estimate of drug-likeness (QED) is 0.699. The van der Waals surface area contributed by atoms with Gasteiger partial charge in [0.05, 0.1) is 0 Å². The minimum absolute atomic E-state index is 0. The van der Waals surface area contributed by atoms with Crippen LogP contribution in [0.25, 0.3) is 0 Å². The fraction of sp³-hybridized carbons (Fsp3) is 0.500. The Labute approximate surface area is 106 Å². The van der Waals surface area contributed by atoms with Crippen LogP contribution in [0.1, 0.15) is 0 Å². The van der Waals surface area contributed by atoms with Crippen molar-refractivity contribution in [1.82, 2.24) is 15.3 Å². The Morgan fingerprint density at radius 2 is 1.88 bits per heavy atom. The van der Waals surface area contributed by atoms with Crippen LogP contribution in [0.2, 0.25) is 0 Å². The molecule has 0 spiro atoms. The standard InChI is InChI=1S/C8H12N4O.2ClH.H2O/c13-8-7(10-1-2-11-8)12-5-3-9-4-6-12;;;/h1-2,9H,3-6H2,(H,11,13);2*1H;1H2. The van der Waals surface area contributed by atoms with Crippen molar-refractivity contribution in [3.05, 3.63) is 22.7 Å². The maximum atomic E-state index is 11.3. The average Bonchev–Trinajstić information content (AvgIpc) is 2.20. The number of nitrogens with one attached hydrogen (secondary N) is 2. The number of hydrogen-bond donors (Lipinski definition) is 2. The predicted molar refractivity (Wildman–Crippen MR) is 68.1 cm³/mol. The van der Waals surface area contributed by atoms with E-state index in [1.807, 2.05) is 4.90 Å². The minimum Gasteiger partial charge on any atom is -0.412 e. The molecule has 0 aliphatic carbocycles. The topological polar surface area (TPSA) is 92.5 Å². The number of H-pyrrole nitrogens is 1. The van der Waals surface area contributed by atoms with Crippen molar-refractivity contribution < 1.29 is 5.48 Å². The molecule has 1 saturated heterocycles. The highest BCUT2D eigenvalue weighted by Crippen LogP contribution is 2.02. The minimum atomic E-state index is -0.107. The van der Waals surface area contributed by atoms with Crippen LogP contribution < -0.4 is 15.8 Å². The summed E-state index contributed by atoms with van der Waals surface area (Å²) in [6.07, 6.45) is 3.16. The first-order chi connectivity index (χ1) is 6.38. The Kier molecular flexibility index (Phi) is 9.17. The van der Waals surface area contributed by atoms with E-state index in [9.17, 15) is 4.79 Å². The molecule has 16 heavy (non-hydrogen) atoms. The van der Waals surface area contributed by atoms with Gasteiger partial charge in [-0.3, -0.25) is 4.79 Å². The zero-order chi connectivity index (χ0) is 9.10. The third-order valence-electron chi connectivity index (χ3n) is 2.11. The molecule has 0 aromatic carbocycles. The Balaban J connectivity index is 0. The van der Waals surface area contributed by atoms with Crippen molar-refractivity contribution in [1.29, 1.82) is 0 Å². The number of piperazine rings is 1. The second-order valence-corrected chi connectivity index (χ2v) is 2.98. The summed E-state index contributed by atoms with van der Waals surface area (Å²) in [6.45, 7) is 3.52. The third kappa shape index (κ3) is 3.97. The van der Waals surface area contributed by atoms with Crippen molar-refractivity contribution in [2.24, 2.45) is 0 Å². The van der Waals surface area contributed by atoms with Gasteiger partial charge in [0.15, 0.2) is 5.82 Å². The van der Waals surface area contributed by atoms with Crippen molar-refractivity contribution in [3.8, 4) is 0 Å². The van der Waals surface area contributed by atoms with Gasteiger partial charge in [-0.25, -0.2) is 4.98 Å². The maximum absolute atomic E-state index is 11.3. The van der Waals surface area contributed by atoms with Crippen molar-refractivity contribution in [2.75, 3.05) is 31.1 Å². The maximum Gasteiger partial charge on any atom is 0.290 e. The fourth-order valence-electron chi connectivity index (χ4n) is 1.45. The number of aromatic nitrogens is 2. The summed E-state index contributed by atoms with van der Waals surface area (Å²) in [6, 6.07) is 0. The molecule has 2 heterocycles. The summed E-state index contributed by atoms with van der Waals surface area (Å²) in [4.78, 5) is 20.0. The fourth-order valence-corrected chi connectivity index (χ4v) is 1.45. The molecule has 4 N–H and O–H groups in total. The molecule has 1 fully saturated rings. The molecule has 1 aliphatic heterocycles. The number of nitrogens with zero attached hydrogens (tertiary/aromatic N) is 2. The zero-order valence-electron chi connectivity index (χ0n) is 8.60. The van der Waals surface area contributed by atoms with Crippen LogP contribution in [0.3, 0.4) is 0 Å². The number of anilines is 1. The van der Waals surface area contributed by atoms with E-state index in [2.05, 4.69) is 15.3 Å². The van der Waals surface area contributed by atoms with Crippen molar-refractivity contribution >= 4 is 30.6 Å². The molecule has 0 unspecified atom stereocenters. The first-order valence-corrected chi connectivity index (χ1v) is 4.37. The smallest absolute Gasteiger partial charge is 0.290 e. The second-order valence-electron chi connectivity index (χ2n) is 2.98. The molecule has 8 heteroatoms. The summed E-state index contributed by atoms with van der Waals surface area (Å²) >= 11 is 0. The monoisotopic (exact) mass is 270 g/mol. The Bertz CT molecular complexity index is 341. The SMILES string of the molecule is Cl.Cl.O.O=c1[nH]ccnc1N1CCNCC1. The van der Waals surface area contributed by atoms with Crippen LogP contribution >= 0.6 is 24.8 Å². The highest BCUT2D eigenvalue weighted by atomic mass is 35.5. The normalized spacial score (nSPS) is 14.1. The summed E-state index contributed by atoms with van der Waals surface area (Å²) in [5.41, 5.74) is -0.107. The van der Waals surface area contributed by atoms with E-state index in [4.69, 9.17) is 0 Å². The lowest BCUT2D eigenvalue weighted by Crippen LogP contribution is -2.45. The van der Waals surface area contributed by atoms with Gasteiger partial charge >= 0.3 is 0 Å². The molecule has 94 valence electrons. The van der Waals surface area contributed by atoms with E-state index in [0.29, 0.717) is 5.82 Å². The molecule has 1 aromatic heterocycles. The van der Waals surface area contributed by atoms with Crippen LogP contribution in [-0.2, 0) is 0 Å². The molecule has 1 aliphatic rings. The lowest BCUT2D eigenvalue weighted by Gasteiger charge is -2.27. The lowest BCUT2D eigenvalue weighted by molar-refractivity contribution is 0.583. The largest absolute Gasteiger partial charge is 0.412 e. The first-order valence-electron chi connectivity index (χ1n) is 4.37. The summed E-state index contributed by atoms with van der Waals surface area (Å²) in [5, 5.41) is 3.22. The number of hydrogen-bond acceptors (Lipinski definition) is 4. The van der Waals surface area contributed by atoms with Crippen LogP contribution in [-0.4, -0.2) is 41.6 Å². The van der Waals surface area contributed by atoms with E-state index in [0.717, 1.165) is 26.2 Å². The van der Waals surface area contributed by atoms with Gasteiger partial charge in [-0.05, 0) is 0 Å². The van der Waals surface area contributed by atoms with Crippen molar-refractivity contribution in [3.63, 3.8) is 0 Å². The van der Waals surface area contributed by atoms with Gasteiger partial charge < -0.3 is 20.7 Å². The van der Waals surface area contributed by atoms with Gasteiger partial charge in [0.25, 0.3) is 5.56 Å². The van der Waals surface area contributed by atoms with Crippen LogP contribution in [0, 0.1) is 0 Å². The Hall–Kier alpha value is -0.820. The molecule has 2 rings (SSSR count). The van der Waals surface area contributed by atoms with Gasteiger partial charge in [0.1, 0.15) is 0 Å². The molecular formula is C8H16Cl2N4O2. The van der Waals surface area contributed by atoms with E-state index >= 15 is 0 Å². The lowest BCUT2D eigenvalue weighted by atomic mass is 10.3. The molecule has 1 aromatic rings. The molecule has 0 atom stereocenters. The molecular weight excluding hydrogens is 255 g/mol. The molecule has 0 bridgehead atoms. The average molecular weight is 271 g/mol. The number of rotatable bonds is 1. The highest BCUT2D eigenvalue weighted by Gasteiger charge is 2.13. The summed E-state index contributed by atoms with van der Waals surface area (Å²) in [5.74, 6) is 0.531. The van der Waals surface area contributed by atoms with Crippen LogP contribution in [0.4, 0.5) is 5.82 Å². The van der Waals surface area contributed by atoms with Gasteiger partial charge in [0.2, 0.25) is 0 Å². The Morgan fingerprint density at radius 1 is 1.25 bits per heavy atom. The Morgan fingerprint density at radius 3 is 2.44 bits per heavy atom. The molecule has 0 radical (unpaired) electrons. The van der Waals surface area contributed by atoms with Gasteiger partial charge in [0, 0.05) is 38.6 Å². The zero-order valence-corrected chi connectivity index (χ0v) is 10.2. The molecule has 0 saturated carbocycles. The van der Waals surface area contributed by atoms with Gasteiger partial charge in [-0.1, -0.05) is 0 Å².